The maximum absolute atomic E-state index is 11.9. The first kappa shape index (κ1) is 11.7. The van der Waals surface area contributed by atoms with E-state index in [0.29, 0.717) is 18.9 Å². The van der Waals surface area contributed by atoms with Crippen LogP contribution in [0.3, 0.4) is 0 Å². The van der Waals surface area contributed by atoms with Gasteiger partial charge in [-0.25, -0.2) is 0 Å². The fourth-order valence-electron chi connectivity index (χ4n) is 2.27. The molecule has 0 radical (unpaired) electrons. The van der Waals surface area contributed by atoms with Crippen LogP contribution < -0.4 is 4.90 Å². The quantitative estimate of drug-likeness (QED) is 0.711. The van der Waals surface area contributed by atoms with Gasteiger partial charge in [0.25, 0.3) is 0 Å². The third-order valence-corrected chi connectivity index (χ3v) is 3.21. The minimum atomic E-state index is 0.0581. The summed E-state index contributed by atoms with van der Waals surface area (Å²) in [6.07, 6.45) is 5.88. The van der Waals surface area contributed by atoms with Gasteiger partial charge in [-0.3, -0.25) is 4.79 Å². The van der Waals surface area contributed by atoms with Gasteiger partial charge in [0.2, 0.25) is 5.91 Å². The van der Waals surface area contributed by atoms with Crippen molar-refractivity contribution in [1.82, 2.24) is 0 Å². The highest BCUT2D eigenvalue weighted by Crippen LogP contribution is 2.31. The monoisotopic (exact) mass is 227 g/mol. The molecule has 2 nitrogen and oxygen atoms in total. The fourth-order valence-corrected chi connectivity index (χ4v) is 2.27. The minimum absolute atomic E-state index is 0.0581. The molecule has 0 aromatic heterocycles. The van der Waals surface area contributed by atoms with E-state index >= 15 is 0 Å². The second kappa shape index (κ2) is 4.63. The average molecular weight is 227 g/mol. The van der Waals surface area contributed by atoms with Crippen molar-refractivity contribution in [3.05, 3.63) is 29.8 Å². The number of rotatable bonds is 2. The summed E-state index contributed by atoms with van der Waals surface area (Å²) in [5, 5.41) is 0. The summed E-state index contributed by atoms with van der Waals surface area (Å²) in [5.74, 6) is 3.28. The molecule has 2 rings (SSSR count). The van der Waals surface area contributed by atoms with Gasteiger partial charge in [-0.1, -0.05) is 32.0 Å². The van der Waals surface area contributed by atoms with Gasteiger partial charge in [0.15, 0.2) is 0 Å². The molecule has 0 N–H and O–H groups in total. The molecule has 2 heteroatoms. The van der Waals surface area contributed by atoms with Crippen molar-refractivity contribution in [3.63, 3.8) is 0 Å². The number of benzene rings is 1. The highest BCUT2D eigenvalue weighted by molar-refractivity contribution is 5.96. The van der Waals surface area contributed by atoms with Crippen LogP contribution in [0, 0.1) is 18.3 Å². The van der Waals surface area contributed by atoms with Gasteiger partial charge in [-0.2, -0.15) is 0 Å². The highest BCUT2D eigenvalue weighted by atomic mass is 16.2. The number of carbonyl (C=O) groups excluding carboxylic acids is 1. The topological polar surface area (TPSA) is 20.3 Å². The Morgan fingerprint density at radius 1 is 1.41 bits per heavy atom. The maximum atomic E-state index is 11.9. The molecular formula is C15H17NO. The lowest BCUT2D eigenvalue weighted by Crippen LogP contribution is -2.25. The van der Waals surface area contributed by atoms with E-state index in [2.05, 4.69) is 25.8 Å². The molecule has 0 spiro atoms. The Morgan fingerprint density at radius 2 is 2.12 bits per heavy atom. The van der Waals surface area contributed by atoms with E-state index in [-0.39, 0.29) is 11.8 Å². The summed E-state index contributed by atoms with van der Waals surface area (Å²) in [4.78, 5) is 13.8. The smallest absolute Gasteiger partial charge is 0.228 e. The van der Waals surface area contributed by atoms with Crippen molar-refractivity contribution in [3.8, 4) is 12.3 Å². The van der Waals surface area contributed by atoms with Crippen molar-refractivity contribution < 1.29 is 4.79 Å². The first-order chi connectivity index (χ1) is 8.13. The first-order valence-corrected chi connectivity index (χ1v) is 5.99. The lowest BCUT2D eigenvalue weighted by molar-refractivity contribution is -0.117. The van der Waals surface area contributed by atoms with Crippen LogP contribution in [0.25, 0.3) is 0 Å². The Hall–Kier alpha value is -1.75. The normalized spacial score (nSPS) is 19.8. The number of nitrogens with zero attached hydrogens (tertiary/aromatic N) is 1. The molecule has 1 unspecified atom stereocenters. The third kappa shape index (κ3) is 2.19. The van der Waals surface area contributed by atoms with E-state index in [9.17, 15) is 4.79 Å². The van der Waals surface area contributed by atoms with Crippen molar-refractivity contribution in [2.24, 2.45) is 5.92 Å². The van der Waals surface area contributed by atoms with Crippen molar-refractivity contribution in [2.45, 2.75) is 26.2 Å². The van der Waals surface area contributed by atoms with Gasteiger partial charge in [0.05, 0.1) is 0 Å². The van der Waals surface area contributed by atoms with Crippen LogP contribution in [0.5, 0.6) is 0 Å². The van der Waals surface area contributed by atoms with Crippen molar-refractivity contribution in [1.29, 1.82) is 0 Å². The summed E-state index contributed by atoms with van der Waals surface area (Å²) in [5.41, 5.74) is 2.23. The van der Waals surface area contributed by atoms with Crippen molar-refractivity contribution >= 4 is 11.6 Å². The first-order valence-electron chi connectivity index (χ1n) is 5.99. The highest BCUT2D eigenvalue weighted by Gasteiger charge is 2.30. The Morgan fingerprint density at radius 3 is 2.71 bits per heavy atom. The summed E-state index contributed by atoms with van der Waals surface area (Å²) in [7, 11) is 0. The number of anilines is 1. The van der Waals surface area contributed by atoms with Crippen LogP contribution in [-0.2, 0) is 4.79 Å². The number of terminal acetylenes is 1. The van der Waals surface area contributed by atoms with E-state index < -0.39 is 0 Å². The van der Waals surface area contributed by atoms with E-state index in [1.165, 1.54) is 5.56 Å². The Bertz CT molecular complexity index is 470. The fraction of sp³-hybridized carbons (Fsp3) is 0.400. The summed E-state index contributed by atoms with van der Waals surface area (Å²) >= 11 is 0. The van der Waals surface area contributed by atoms with Crippen LogP contribution >= 0.6 is 0 Å². The second-order valence-corrected chi connectivity index (χ2v) is 4.79. The Labute approximate surface area is 103 Å². The molecule has 17 heavy (non-hydrogen) atoms. The lowest BCUT2D eigenvalue weighted by atomic mass is 10.0. The Kier molecular flexibility index (Phi) is 3.19. The van der Waals surface area contributed by atoms with Gasteiger partial charge in [-0.15, -0.1) is 12.3 Å². The molecule has 1 fully saturated rings. The third-order valence-electron chi connectivity index (χ3n) is 3.21. The molecule has 1 atom stereocenters. The number of hydrogen-bond acceptors (Lipinski definition) is 1. The van der Waals surface area contributed by atoms with Gasteiger partial charge < -0.3 is 4.90 Å². The predicted octanol–water partition coefficient (Wildman–Crippen LogP) is 2.80. The summed E-state index contributed by atoms with van der Waals surface area (Å²) in [6, 6.07) is 8.07. The zero-order valence-corrected chi connectivity index (χ0v) is 10.3. The predicted molar refractivity (Wildman–Crippen MR) is 69.8 cm³/mol. The minimum Gasteiger partial charge on any atom is -0.311 e. The molecule has 0 bridgehead atoms. The van der Waals surface area contributed by atoms with E-state index in [4.69, 9.17) is 6.42 Å². The number of amides is 1. The van der Waals surface area contributed by atoms with Crippen LogP contribution in [-0.4, -0.2) is 12.5 Å². The van der Waals surface area contributed by atoms with Gasteiger partial charge in [-0.05, 0) is 17.5 Å². The van der Waals surface area contributed by atoms with Crippen LogP contribution in [0.1, 0.15) is 31.7 Å². The zero-order valence-electron chi connectivity index (χ0n) is 10.3. The molecule has 1 amide bonds. The molecule has 0 saturated carbocycles. The number of hydrogen-bond donors (Lipinski definition) is 0. The van der Waals surface area contributed by atoms with Gasteiger partial charge in [0, 0.05) is 24.6 Å². The van der Waals surface area contributed by atoms with E-state index in [0.717, 1.165) is 5.69 Å². The molecule has 1 saturated heterocycles. The molecular weight excluding hydrogens is 210 g/mol. The molecule has 0 aliphatic carbocycles. The van der Waals surface area contributed by atoms with Crippen LogP contribution in [0.4, 0.5) is 5.69 Å². The summed E-state index contributed by atoms with van der Waals surface area (Å²) in [6.45, 7) is 4.93. The standard InChI is InChI=1S/C15H17NO/c1-4-12-9-15(17)16(10-12)14-8-6-5-7-13(14)11(2)3/h1,5-8,11-12H,9-10H2,2-3H3. The van der Waals surface area contributed by atoms with Crippen LogP contribution in [0.15, 0.2) is 24.3 Å². The summed E-state index contributed by atoms with van der Waals surface area (Å²) < 4.78 is 0. The molecule has 1 aromatic rings. The molecule has 1 aliphatic rings. The van der Waals surface area contributed by atoms with Gasteiger partial charge >= 0.3 is 0 Å². The number of para-hydroxylation sites is 1. The zero-order chi connectivity index (χ0) is 12.4. The molecule has 88 valence electrons. The Balaban J connectivity index is 2.35. The molecule has 1 heterocycles. The lowest BCUT2D eigenvalue weighted by Gasteiger charge is -2.21. The van der Waals surface area contributed by atoms with E-state index in [1.807, 2.05) is 23.1 Å². The van der Waals surface area contributed by atoms with E-state index in [1.54, 1.807) is 0 Å². The van der Waals surface area contributed by atoms with Gasteiger partial charge in [0.1, 0.15) is 0 Å². The molecule has 1 aliphatic heterocycles. The average Bonchev–Trinajstić information content (AvgIpc) is 2.70. The molecule has 1 aromatic carbocycles. The SMILES string of the molecule is C#CC1CC(=O)N(c2ccccc2C(C)C)C1. The second-order valence-electron chi connectivity index (χ2n) is 4.79. The number of carbonyl (C=O) groups is 1. The van der Waals surface area contributed by atoms with Crippen molar-refractivity contribution in [2.75, 3.05) is 11.4 Å². The van der Waals surface area contributed by atoms with Crippen LogP contribution in [0.2, 0.25) is 0 Å². The largest absolute Gasteiger partial charge is 0.311 e. The maximum Gasteiger partial charge on any atom is 0.228 e.